The van der Waals surface area contributed by atoms with Gasteiger partial charge in [-0.05, 0) is 86.7 Å². The van der Waals surface area contributed by atoms with Gasteiger partial charge in [-0.1, -0.05) is 132 Å². The van der Waals surface area contributed by atoms with Crippen LogP contribution in [-0.4, -0.2) is 11.2 Å². The van der Waals surface area contributed by atoms with Crippen LogP contribution in [0.15, 0.2) is 132 Å². The molecule has 0 aliphatic heterocycles. The third-order valence-corrected chi connectivity index (χ3v) is 9.77. The van der Waals surface area contributed by atoms with Gasteiger partial charge in [0.25, 0.3) is 0 Å². The summed E-state index contributed by atoms with van der Waals surface area (Å²) in [6.07, 6.45) is 3.07. The van der Waals surface area contributed by atoms with Gasteiger partial charge in [0.05, 0.1) is 15.9 Å². The van der Waals surface area contributed by atoms with E-state index >= 15 is 0 Å². The molecule has 47 heavy (non-hydrogen) atoms. The molecule has 0 saturated heterocycles. The summed E-state index contributed by atoms with van der Waals surface area (Å²) in [5.74, 6) is 0.623. The Morgan fingerprint density at radius 2 is 1.40 bits per heavy atom. The van der Waals surface area contributed by atoms with E-state index < -0.39 is 0 Å². The van der Waals surface area contributed by atoms with E-state index in [-0.39, 0.29) is 5.41 Å². The summed E-state index contributed by atoms with van der Waals surface area (Å²) in [5, 5.41) is 3.39. The quantitative estimate of drug-likeness (QED) is 0.161. The molecule has 0 radical (unpaired) electrons. The first kappa shape index (κ1) is 30.8. The van der Waals surface area contributed by atoms with Crippen molar-refractivity contribution in [2.24, 2.45) is 10.9 Å². The minimum Gasteiger partial charge on any atom is -0.256 e. The molecule has 0 N–H and O–H groups in total. The minimum absolute atomic E-state index is 0.00343. The molecule has 7 aromatic rings. The van der Waals surface area contributed by atoms with Crippen LogP contribution in [0.25, 0.3) is 53.8 Å². The van der Waals surface area contributed by atoms with Crippen molar-refractivity contribution in [1.82, 2.24) is 4.98 Å². The van der Waals surface area contributed by atoms with Gasteiger partial charge in [0.2, 0.25) is 0 Å². The number of para-hydroxylation sites is 1. The number of aromatic nitrogens is 1. The maximum absolute atomic E-state index is 5.34. The topological polar surface area (TPSA) is 25.2 Å². The van der Waals surface area contributed by atoms with Crippen molar-refractivity contribution in [2.75, 3.05) is 0 Å². The highest BCUT2D eigenvalue weighted by Gasteiger charge is 2.20. The van der Waals surface area contributed by atoms with E-state index in [0.717, 1.165) is 33.8 Å². The van der Waals surface area contributed by atoms with E-state index in [1.54, 1.807) is 11.3 Å². The number of hydrogen-bond acceptors (Lipinski definition) is 3. The first-order valence-corrected chi connectivity index (χ1v) is 17.3. The van der Waals surface area contributed by atoms with Gasteiger partial charge < -0.3 is 0 Å². The Balaban J connectivity index is 1.33. The summed E-state index contributed by atoms with van der Waals surface area (Å²) in [6.45, 7) is 11.4. The molecule has 1 heterocycles. The lowest BCUT2D eigenvalue weighted by Gasteiger charge is -2.20. The van der Waals surface area contributed by atoms with Gasteiger partial charge in [-0.2, -0.15) is 0 Å². The Kier molecular flexibility index (Phi) is 8.34. The highest BCUT2D eigenvalue weighted by Crippen LogP contribution is 2.42. The Labute approximate surface area is 282 Å². The molecule has 0 amide bonds. The summed E-state index contributed by atoms with van der Waals surface area (Å²) < 4.78 is 1.19. The van der Waals surface area contributed by atoms with Crippen molar-refractivity contribution >= 4 is 44.2 Å². The summed E-state index contributed by atoms with van der Waals surface area (Å²) in [7, 11) is 0. The van der Waals surface area contributed by atoms with Crippen LogP contribution in [0, 0.1) is 5.92 Å². The van der Waals surface area contributed by atoms with Gasteiger partial charge in [0, 0.05) is 22.9 Å². The molecule has 232 valence electrons. The first-order valence-electron chi connectivity index (χ1n) is 16.5. The molecule has 0 aliphatic carbocycles. The molecule has 0 unspecified atom stereocenters. The lowest BCUT2D eigenvalue weighted by atomic mass is 9.85. The van der Waals surface area contributed by atoms with E-state index in [1.165, 1.54) is 48.9 Å². The summed E-state index contributed by atoms with van der Waals surface area (Å²) >= 11 is 1.75. The smallest absolute Gasteiger partial charge is 0.126 e. The fraction of sp³-hybridized carbons (Fsp3) is 0.182. The second-order valence-electron chi connectivity index (χ2n) is 13.9. The van der Waals surface area contributed by atoms with Crippen LogP contribution in [0.5, 0.6) is 0 Å². The second-order valence-corrected chi connectivity index (χ2v) is 14.9. The fourth-order valence-corrected chi connectivity index (χ4v) is 7.35. The van der Waals surface area contributed by atoms with Gasteiger partial charge in [0.1, 0.15) is 5.01 Å². The Morgan fingerprint density at radius 3 is 2.23 bits per heavy atom. The average Bonchev–Trinajstić information content (AvgIpc) is 3.51. The number of aliphatic imine (C=N–C) groups is 1. The molecule has 0 aliphatic rings. The molecule has 0 bridgehead atoms. The minimum atomic E-state index is -0.00343. The zero-order chi connectivity index (χ0) is 32.5. The summed E-state index contributed by atoms with van der Waals surface area (Å²) in [5.41, 5.74) is 11.6. The van der Waals surface area contributed by atoms with Crippen molar-refractivity contribution in [3.05, 3.63) is 144 Å². The number of thiazole rings is 1. The Hall–Kier alpha value is -4.86. The van der Waals surface area contributed by atoms with Gasteiger partial charge in [0.15, 0.2) is 0 Å². The molecular formula is C44H40N2S. The molecule has 3 heteroatoms. The van der Waals surface area contributed by atoms with Crippen LogP contribution in [0.4, 0.5) is 5.69 Å². The molecule has 6 aromatic carbocycles. The standard InChI is InChI=1S/C44H40N2S/c1-29(2)23-30-13-10-16-32(24-30)33-17-12-18-34(25-33)39-26-36(44(3,4)5)27-41-42(39)46-43(47-41)38-21-8-9-22-40(38)45-28-35-19-11-15-31-14-6-7-20-37(31)35/h6-22,24-29H,23H2,1-5H3. The normalized spacial score (nSPS) is 12.1. The van der Waals surface area contributed by atoms with Crippen molar-refractivity contribution in [2.45, 2.75) is 46.5 Å². The van der Waals surface area contributed by atoms with E-state index in [1.807, 2.05) is 6.21 Å². The molecule has 7 rings (SSSR count). The van der Waals surface area contributed by atoms with Crippen LogP contribution in [-0.2, 0) is 11.8 Å². The second kappa shape index (κ2) is 12.7. The highest BCUT2D eigenvalue weighted by molar-refractivity contribution is 7.21. The number of rotatable bonds is 7. The van der Waals surface area contributed by atoms with Gasteiger partial charge in [-0.15, -0.1) is 11.3 Å². The van der Waals surface area contributed by atoms with E-state index in [2.05, 4.69) is 162 Å². The molecule has 2 nitrogen and oxygen atoms in total. The van der Waals surface area contributed by atoms with Crippen LogP contribution >= 0.6 is 11.3 Å². The third-order valence-electron chi connectivity index (χ3n) is 8.74. The van der Waals surface area contributed by atoms with Crippen molar-refractivity contribution in [3.8, 4) is 32.8 Å². The predicted octanol–water partition coefficient (Wildman–Crippen LogP) is 12.7. The van der Waals surface area contributed by atoms with Crippen molar-refractivity contribution in [3.63, 3.8) is 0 Å². The zero-order valence-electron chi connectivity index (χ0n) is 27.8. The Morgan fingerprint density at radius 1 is 0.702 bits per heavy atom. The van der Waals surface area contributed by atoms with Gasteiger partial charge in [-0.3, -0.25) is 4.99 Å². The first-order chi connectivity index (χ1) is 22.7. The highest BCUT2D eigenvalue weighted by atomic mass is 32.1. The lowest BCUT2D eigenvalue weighted by Crippen LogP contribution is -2.11. The third kappa shape index (κ3) is 6.54. The van der Waals surface area contributed by atoms with Crippen LogP contribution < -0.4 is 0 Å². The molecule has 1 aromatic heterocycles. The monoisotopic (exact) mass is 628 g/mol. The molecule has 0 spiro atoms. The van der Waals surface area contributed by atoms with Crippen LogP contribution in [0.1, 0.15) is 51.3 Å². The van der Waals surface area contributed by atoms with E-state index in [4.69, 9.17) is 9.98 Å². The number of nitrogens with zero attached hydrogens (tertiary/aromatic N) is 2. The number of benzene rings is 6. The van der Waals surface area contributed by atoms with Crippen LogP contribution in [0.3, 0.4) is 0 Å². The van der Waals surface area contributed by atoms with Crippen molar-refractivity contribution < 1.29 is 0 Å². The number of fused-ring (bicyclic) bond motifs is 2. The van der Waals surface area contributed by atoms with Gasteiger partial charge in [-0.25, -0.2) is 4.98 Å². The maximum atomic E-state index is 5.34. The molecule has 0 atom stereocenters. The van der Waals surface area contributed by atoms with E-state index in [0.29, 0.717) is 5.92 Å². The summed E-state index contributed by atoms with van der Waals surface area (Å²) in [6, 6.07) is 45.8. The van der Waals surface area contributed by atoms with Crippen LogP contribution in [0.2, 0.25) is 0 Å². The number of hydrogen-bond donors (Lipinski definition) is 0. The van der Waals surface area contributed by atoms with Crippen molar-refractivity contribution in [1.29, 1.82) is 0 Å². The molecule has 0 saturated carbocycles. The van der Waals surface area contributed by atoms with E-state index in [9.17, 15) is 0 Å². The maximum Gasteiger partial charge on any atom is 0.126 e. The average molecular weight is 629 g/mol. The predicted molar refractivity (Wildman–Crippen MR) is 204 cm³/mol. The Bertz CT molecular complexity index is 2240. The summed E-state index contributed by atoms with van der Waals surface area (Å²) in [4.78, 5) is 10.4. The fourth-order valence-electron chi connectivity index (χ4n) is 6.28. The molecule has 0 fully saturated rings. The lowest BCUT2D eigenvalue weighted by molar-refractivity contribution is 0.591. The van der Waals surface area contributed by atoms with Gasteiger partial charge >= 0.3 is 0 Å². The largest absolute Gasteiger partial charge is 0.256 e. The molecular weight excluding hydrogens is 589 g/mol. The SMILES string of the molecule is CC(C)Cc1cccc(-c2cccc(-c3cc(C(C)(C)C)cc4sc(-c5ccccc5N=Cc5cccc6ccccc56)nc34)c2)c1. The zero-order valence-corrected chi connectivity index (χ0v) is 28.6.